The van der Waals surface area contributed by atoms with Crippen molar-refractivity contribution >= 4 is 23.4 Å². The van der Waals surface area contributed by atoms with Crippen molar-refractivity contribution in [3.8, 4) is 0 Å². The Morgan fingerprint density at radius 2 is 2.06 bits per heavy atom. The van der Waals surface area contributed by atoms with Crippen molar-refractivity contribution in [3.63, 3.8) is 0 Å². The lowest BCUT2D eigenvalue weighted by molar-refractivity contribution is 0.462. The minimum atomic E-state index is 0.505. The first kappa shape index (κ1) is 11.5. The maximum absolute atomic E-state index is 6.06. The molecule has 0 aromatic carbocycles. The van der Waals surface area contributed by atoms with Crippen molar-refractivity contribution in [2.24, 2.45) is 0 Å². The maximum atomic E-state index is 6.06. The number of hydrogen-bond donors (Lipinski definition) is 2. The van der Waals surface area contributed by atoms with E-state index in [1.54, 1.807) is 13.2 Å². The van der Waals surface area contributed by atoms with E-state index in [2.05, 4.69) is 20.6 Å². The molecule has 1 heterocycles. The number of anilines is 2. The molecule has 2 N–H and O–H groups in total. The summed E-state index contributed by atoms with van der Waals surface area (Å²) in [5.74, 6) is 1.34. The van der Waals surface area contributed by atoms with Crippen LogP contribution in [0.25, 0.3) is 0 Å². The van der Waals surface area contributed by atoms with Crippen molar-refractivity contribution in [2.45, 2.75) is 38.1 Å². The van der Waals surface area contributed by atoms with E-state index < -0.39 is 0 Å². The summed E-state index contributed by atoms with van der Waals surface area (Å²) in [5.41, 5.74) is 0. The van der Waals surface area contributed by atoms with Gasteiger partial charge in [-0.15, -0.1) is 0 Å². The fourth-order valence-electron chi connectivity index (χ4n) is 2.03. The summed E-state index contributed by atoms with van der Waals surface area (Å²) in [6.45, 7) is 0. The predicted molar refractivity (Wildman–Crippen MR) is 67.1 cm³/mol. The zero-order valence-corrected chi connectivity index (χ0v) is 10.2. The van der Waals surface area contributed by atoms with E-state index in [4.69, 9.17) is 11.6 Å². The summed E-state index contributed by atoms with van der Waals surface area (Å²) >= 11 is 6.06. The van der Waals surface area contributed by atoms with Gasteiger partial charge in [0.1, 0.15) is 5.02 Å². The van der Waals surface area contributed by atoms with Gasteiger partial charge in [-0.05, 0) is 12.8 Å². The van der Waals surface area contributed by atoms with E-state index in [1.165, 1.54) is 32.1 Å². The number of rotatable bonds is 3. The van der Waals surface area contributed by atoms with E-state index in [-0.39, 0.29) is 0 Å². The van der Waals surface area contributed by atoms with Gasteiger partial charge in [-0.25, -0.2) is 4.98 Å². The number of hydrogen-bond acceptors (Lipinski definition) is 4. The Morgan fingerprint density at radius 1 is 1.31 bits per heavy atom. The second-order valence-electron chi connectivity index (χ2n) is 4.12. The van der Waals surface area contributed by atoms with Crippen molar-refractivity contribution in [1.82, 2.24) is 9.97 Å². The van der Waals surface area contributed by atoms with Gasteiger partial charge in [0.15, 0.2) is 5.82 Å². The van der Waals surface area contributed by atoms with Crippen molar-refractivity contribution < 1.29 is 0 Å². The number of nitrogens with one attached hydrogen (secondary N) is 2. The summed E-state index contributed by atoms with van der Waals surface area (Å²) in [6, 6.07) is 0.505. The molecule has 0 saturated heterocycles. The molecule has 1 aliphatic carbocycles. The van der Waals surface area contributed by atoms with Gasteiger partial charge in [0, 0.05) is 13.1 Å². The van der Waals surface area contributed by atoms with Gasteiger partial charge in [-0.1, -0.05) is 30.9 Å². The van der Waals surface area contributed by atoms with Gasteiger partial charge >= 0.3 is 0 Å². The van der Waals surface area contributed by atoms with Gasteiger partial charge in [-0.2, -0.15) is 4.98 Å². The molecule has 0 bridgehead atoms. The Labute approximate surface area is 101 Å². The van der Waals surface area contributed by atoms with Crippen LogP contribution in [0.15, 0.2) is 6.20 Å². The highest BCUT2D eigenvalue weighted by Gasteiger charge is 2.15. The summed E-state index contributed by atoms with van der Waals surface area (Å²) < 4.78 is 0. The van der Waals surface area contributed by atoms with E-state index >= 15 is 0 Å². The third-order valence-electron chi connectivity index (χ3n) is 2.91. The molecule has 16 heavy (non-hydrogen) atoms. The van der Waals surface area contributed by atoms with Crippen LogP contribution in [0.3, 0.4) is 0 Å². The topological polar surface area (TPSA) is 49.8 Å². The molecule has 1 saturated carbocycles. The van der Waals surface area contributed by atoms with Crippen LogP contribution in [-0.2, 0) is 0 Å². The lowest BCUT2D eigenvalue weighted by atomic mass is 9.95. The molecule has 0 spiro atoms. The van der Waals surface area contributed by atoms with Crippen LogP contribution >= 0.6 is 11.6 Å². The zero-order chi connectivity index (χ0) is 11.4. The molecule has 1 aromatic heterocycles. The Hall–Kier alpha value is -1.03. The average molecular weight is 241 g/mol. The standard InChI is InChI=1S/C11H17ClN4/c1-13-11-14-7-9(12)10(16-11)15-8-5-3-2-4-6-8/h7-8H,2-6H2,1H3,(H2,13,14,15,16). The molecule has 5 heteroatoms. The fraction of sp³-hybridized carbons (Fsp3) is 0.636. The normalized spacial score (nSPS) is 17.1. The lowest BCUT2D eigenvalue weighted by Gasteiger charge is -2.23. The van der Waals surface area contributed by atoms with Crippen LogP contribution in [0.4, 0.5) is 11.8 Å². The van der Waals surface area contributed by atoms with Gasteiger partial charge in [0.2, 0.25) is 5.95 Å². The number of nitrogens with zero attached hydrogens (tertiary/aromatic N) is 2. The van der Waals surface area contributed by atoms with Crippen molar-refractivity contribution in [1.29, 1.82) is 0 Å². The molecule has 0 aliphatic heterocycles. The van der Waals surface area contributed by atoms with Crippen molar-refractivity contribution in [2.75, 3.05) is 17.7 Å². The molecule has 0 atom stereocenters. The molecular weight excluding hydrogens is 224 g/mol. The Bertz CT molecular complexity index is 350. The first-order valence-corrected chi connectivity index (χ1v) is 6.14. The number of aromatic nitrogens is 2. The summed E-state index contributed by atoms with van der Waals surface area (Å²) in [4.78, 5) is 8.38. The van der Waals surface area contributed by atoms with E-state index in [9.17, 15) is 0 Å². The summed E-state index contributed by atoms with van der Waals surface area (Å²) in [6.07, 6.45) is 7.96. The first-order chi connectivity index (χ1) is 7.79. The highest BCUT2D eigenvalue weighted by Crippen LogP contribution is 2.25. The van der Waals surface area contributed by atoms with Gasteiger partial charge in [-0.3, -0.25) is 0 Å². The highest BCUT2D eigenvalue weighted by atomic mass is 35.5. The van der Waals surface area contributed by atoms with Gasteiger partial charge in [0.05, 0.1) is 6.20 Å². The monoisotopic (exact) mass is 240 g/mol. The predicted octanol–water partition coefficient (Wildman–Crippen LogP) is 2.92. The van der Waals surface area contributed by atoms with Crippen LogP contribution < -0.4 is 10.6 Å². The highest BCUT2D eigenvalue weighted by molar-refractivity contribution is 6.32. The molecule has 1 aromatic rings. The SMILES string of the molecule is CNc1ncc(Cl)c(NC2CCCCC2)n1. The number of halogens is 1. The molecule has 88 valence electrons. The molecule has 0 amide bonds. The third-order valence-corrected chi connectivity index (χ3v) is 3.19. The molecule has 4 nitrogen and oxygen atoms in total. The van der Waals surface area contributed by atoms with Crippen molar-refractivity contribution in [3.05, 3.63) is 11.2 Å². The molecule has 1 aliphatic rings. The molecular formula is C11H17ClN4. The molecule has 1 fully saturated rings. The Kier molecular flexibility index (Phi) is 3.83. The lowest BCUT2D eigenvalue weighted by Crippen LogP contribution is -2.23. The molecule has 0 radical (unpaired) electrons. The molecule has 2 rings (SSSR count). The largest absolute Gasteiger partial charge is 0.366 e. The van der Waals surface area contributed by atoms with Crippen LogP contribution in [0.5, 0.6) is 0 Å². The fourth-order valence-corrected chi connectivity index (χ4v) is 2.17. The Morgan fingerprint density at radius 3 is 2.75 bits per heavy atom. The summed E-state index contributed by atoms with van der Waals surface area (Å²) in [7, 11) is 1.80. The van der Waals surface area contributed by atoms with Gasteiger partial charge in [0.25, 0.3) is 0 Å². The molecule has 0 unspecified atom stereocenters. The van der Waals surface area contributed by atoms with E-state index in [1.807, 2.05) is 0 Å². The quantitative estimate of drug-likeness (QED) is 0.853. The van der Waals surface area contributed by atoms with E-state index in [0.29, 0.717) is 17.0 Å². The maximum Gasteiger partial charge on any atom is 0.224 e. The Balaban J connectivity index is 2.06. The van der Waals surface area contributed by atoms with Crippen LogP contribution in [-0.4, -0.2) is 23.1 Å². The van der Waals surface area contributed by atoms with Crippen LogP contribution in [0.1, 0.15) is 32.1 Å². The average Bonchev–Trinajstić information content (AvgIpc) is 2.33. The third kappa shape index (κ3) is 2.76. The van der Waals surface area contributed by atoms with Crippen LogP contribution in [0.2, 0.25) is 5.02 Å². The smallest absolute Gasteiger partial charge is 0.224 e. The zero-order valence-electron chi connectivity index (χ0n) is 9.46. The summed E-state index contributed by atoms with van der Waals surface area (Å²) in [5, 5.41) is 6.90. The van der Waals surface area contributed by atoms with Crippen LogP contribution in [0, 0.1) is 0 Å². The van der Waals surface area contributed by atoms with Gasteiger partial charge < -0.3 is 10.6 Å². The second-order valence-corrected chi connectivity index (χ2v) is 4.53. The minimum absolute atomic E-state index is 0.505. The first-order valence-electron chi connectivity index (χ1n) is 5.76. The second kappa shape index (κ2) is 5.34. The van der Waals surface area contributed by atoms with E-state index in [0.717, 1.165) is 5.82 Å². The minimum Gasteiger partial charge on any atom is -0.366 e.